The van der Waals surface area contributed by atoms with Gasteiger partial charge in [-0.2, -0.15) is 0 Å². The molecular formula is C10H13N5O6. The van der Waals surface area contributed by atoms with Gasteiger partial charge in [0.25, 0.3) is 5.56 Å². The Morgan fingerprint density at radius 2 is 2.19 bits per heavy atom. The van der Waals surface area contributed by atoms with Crippen LogP contribution in [0.15, 0.2) is 27.0 Å². The van der Waals surface area contributed by atoms with Gasteiger partial charge < -0.3 is 20.1 Å². The van der Waals surface area contributed by atoms with Crippen molar-refractivity contribution in [3.05, 3.63) is 43.5 Å². The minimum absolute atomic E-state index is 0.656. The molecule has 1 aromatic rings. The highest BCUT2D eigenvalue weighted by Crippen LogP contribution is 2.41. The minimum Gasteiger partial charge on any atom is -0.393 e. The second-order valence-electron chi connectivity index (χ2n) is 4.72. The van der Waals surface area contributed by atoms with E-state index in [0.29, 0.717) is 0 Å². The van der Waals surface area contributed by atoms with Crippen LogP contribution in [0.2, 0.25) is 0 Å². The number of aromatic nitrogens is 2. The molecular weight excluding hydrogens is 286 g/mol. The van der Waals surface area contributed by atoms with E-state index < -0.39 is 41.5 Å². The molecule has 0 amide bonds. The number of ether oxygens (including phenoxy) is 1. The van der Waals surface area contributed by atoms with E-state index in [1.807, 2.05) is 4.98 Å². The molecule has 0 aromatic carbocycles. The number of hydrogen-bond acceptors (Lipinski definition) is 7. The zero-order chi connectivity index (χ0) is 15.8. The van der Waals surface area contributed by atoms with E-state index in [1.54, 1.807) is 0 Å². The van der Waals surface area contributed by atoms with Crippen LogP contribution in [0.4, 0.5) is 0 Å². The van der Waals surface area contributed by atoms with Crippen LogP contribution >= 0.6 is 0 Å². The molecule has 1 aromatic heterocycles. The van der Waals surface area contributed by atoms with Gasteiger partial charge in [-0.15, -0.1) is 0 Å². The molecule has 0 aliphatic carbocycles. The van der Waals surface area contributed by atoms with Crippen LogP contribution in [0.3, 0.4) is 0 Å². The van der Waals surface area contributed by atoms with Crippen molar-refractivity contribution in [2.75, 3.05) is 6.61 Å². The van der Waals surface area contributed by atoms with Crippen molar-refractivity contribution < 1.29 is 20.1 Å². The second kappa shape index (κ2) is 4.98. The Morgan fingerprint density at radius 1 is 1.52 bits per heavy atom. The number of rotatable bonds is 3. The van der Waals surface area contributed by atoms with E-state index in [2.05, 4.69) is 10.0 Å². The lowest BCUT2D eigenvalue weighted by atomic mass is 10.0. The van der Waals surface area contributed by atoms with Crippen molar-refractivity contribution >= 4 is 0 Å². The topological polar surface area (TPSA) is 174 Å². The van der Waals surface area contributed by atoms with Gasteiger partial charge >= 0.3 is 5.69 Å². The summed E-state index contributed by atoms with van der Waals surface area (Å²) >= 11 is 0. The van der Waals surface area contributed by atoms with Gasteiger partial charge in [-0.1, -0.05) is 5.11 Å². The van der Waals surface area contributed by atoms with Gasteiger partial charge in [0.15, 0.2) is 5.72 Å². The standard InChI is InChI=1S/C10H13N5O6/c1-9(15-3-2-5(17)12-8(15)20)6(18)7(19)10(4-16,21-9)13-14-11/h2-3,6-7,16,18-19H,4H2,1H3,(H,12,17,20)/t6?,7?,9-,10-/m0/s1. The third kappa shape index (κ3) is 2.13. The average molecular weight is 299 g/mol. The lowest BCUT2D eigenvalue weighted by molar-refractivity contribution is -0.179. The molecule has 0 radical (unpaired) electrons. The molecule has 1 saturated heterocycles. The summed E-state index contributed by atoms with van der Waals surface area (Å²) in [5, 5.41) is 32.6. The van der Waals surface area contributed by atoms with Crippen molar-refractivity contribution in [2.45, 2.75) is 30.6 Å². The molecule has 0 bridgehead atoms. The van der Waals surface area contributed by atoms with Gasteiger partial charge in [0.05, 0.1) is 6.61 Å². The van der Waals surface area contributed by atoms with Crippen molar-refractivity contribution in [3.63, 3.8) is 0 Å². The molecule has 4 atom stereocenters. The number of hydrogen-bond donors (Lipinski definition) is 4. The van der Waals surface area contributed by atoms with E-state index in [0.717, 1.165) is 16.8 Å². The van der Waals surface area contributed by atoms with E-state index in [-0.39, 0.29) is 0 Å². The zero-order valence-electron chi connectivity index (χ0n) is 10.9. The Bertz CT molecular complexity index is 708. The molecule has 11 heteroatoms. The fourth-order valence-electron chi connectivity index (χ4n) is 2.29. The zero-order valence-corrected chi connectivity index (χ0v) is 10.9. The number of nitrogens with one attached hydrogen (secondary N) is 1. The molecule has 11 nitrogen and oxygen atoms in total. The highest BCUT2D eigenvalue weighted by Gasteiger charge is 2.61. The number of azide groups is 1. The van der Waals surface area contributed by atoms with E-state index in [9.17, 15) is 24.9 Å². The first-order valence-corrected chi connectivity index (χ1v) is 5.86. The summed E-state index contributed by atoms with van der Waals surface area (Å²) in [5.41, 5.74) is 2.97. The summed E-state index contributed by atoms with van der Waals surface area (Å²) in [6, 6.07) is 1.02. The molecule has 2 heterocycles. The summed E-state index contributed by atoms with van der Waals surface area (Å²) in [6.45, 7) is 0.327. The number of nitrogens with zero attached hydrogens (tertiary/aromatic N) is 4. The molecule has 1 aliphatic rings. The normalized spacial score (nSPS) is 35.4. The van der Waals surface area contributed by atoms with Gasteiger partial charge in [0.2, 0.25) is 5.72 Å². The summed E-state index contributed by atoms with van der Waals surface area (Å²) in [6.07, 6.45) is -2.42. The molecule has 2 rings (SSSR count). The highest BCUT2D eigenvalue weighted by atomic mass is 16.6. The number of aromatic amines is 1. The Balaban J connectivity index is 2.60. The Hall–Kier alpha value is -2.17. The average Bonchev–Trinajstić information content (AvgIpc) is 2.62. The van der Waals surface area contributed by atoms with E-state index in [4.69, 9.17) is 10.3 Å². The Morgan fingerprint density at radius 3 is 2.71 bits per heavy atom. The number of H-pyrrole nitrogens is 1. The maximum absolute atomic E-state index is 11.8. The predicted octanol–water partition coefficient (Wildman–Crippen LogP) is -2.04. The molecule has 2 unspecified atom stereocenters. The van der Waals surface area contributed by atoms with Crippen LogP contribution in [0.25, 0.3) is 10.4 Å². The molecule has 1 aliphatic heterocycles. The van der Waals surface area contributed by atoms with Crippen molar-refractivity contribution in [2.24, 2.45) is 5.11 Å². The third-order valence-electron chi connectivity index (χ3n) is 3.44. The number of aliphatic hydroxyl groups excluding tert-OH is 3. The maximum Gasteiger partial charge on any atom is 0.330 e. The summed E-state index contributed by atoms with van der Waals surface area (Å²) in [7, 11) is 0. The number of aliphatic hydroxyl groups is 3. The van der Waals surface area contributed by atoms with Crippen molar-refractivity contribution in [3.8, 4) is 0 Å². The first-order chi connectivity index (χ1) is 9.80. The third-order valence-corrected chi connectivity index (χ3v) is 3.44. The smallest absolute Gasteiger partial charge is 0.330 e. The minimum atomic E-state index is -2.14. The van der Waals surface area contributed by atoms with Gasteiger partial charge in [0.1, 0.15) is 12.2 Å². The Kier molecular flexibility index (Phi) is 3.61. The SMILES string of the molecule is C[C@]1(n2ccc(=O)[nH]c2=O)O[C@](CO)(N=[N+]=[N-])C(O)C1O. The van der Waals surface area contributed by atoms with Crippen LogP contribution in [0.1, 0.15) is 6.92 Å². The van der Waals surface area contributed by atoms with Crippen molar-refractivity contribution in [1.29, 1.82) is 0 Å². The molecule has 114 valence electrons. The summed E-state index contributed by atoms with van der Waals surface area (Å²) < 4.78 is 6.15. The van der Waals surface area contributed by atoms with Crippen LogP contribution in [0.5, 0.6) is 0 Å². The fourth-order valence-corrected chi connectivity index (χ4v) is 2.29. The lowest BCUT2D eigenvalue weighted by Crippen LogP contribution is -2.49. The second-order valence-corrected chi connectivity index (χ2v) is 4.72. The molecule has 21 heavy (non-hydrogen) atoms. The van der Waals surface area contributed by atoms with Crippen molar-refractivity contribution in [1.82, 2.24) is 9.55 Å². The lowest BCUT2D eigenvalue weighted by Gasteiger charge is -2.30. The highest BCUT2D eigenvalue weighted by molar-refractivity contribution is 5.06. The monoisotopic (exact) mass is 299 g/mol. The van der Waals surface area contributed by atoms with Gasteiger partial charge in [-0.25, -0.2) is 4.79 Å². The Labute approximate surface area is 116 Å². The van der Waals surface area contributed by atoms with Gasteiger partial charge in [-0.05, 0) is 12.5 Å². The molecule has 4 N–H and O–H groups in total. The van der Waals surface area contributed by atoms with Crippen LogP contribution in [-0.2, 0) is 10.5 Å². The first kappa shape index (κ1) is 15.2. The molecule has 1 fully saturated rings. The quantitative estimate of drug-likeness (QED) is 0.284. The van der Waals surface area contributed by atoms with Crippen LogP contribution in [-0.4, -0.2) is 49.4 Å². The van der Waals surface area contributed by atoms with Crippen LogP contribution < -0.4 is 11.2 Å². The summed E-state index contributed by atoms with van der Waals surface area (Å²) in [4.78, 5) is 27.3. The first-order valence-electron chi connectivity index (χ1n) is 5.86. The maximum atomic E-state index is 11.8. The largest absolute Gasteiger partial charge is 0.393 e. The summed E-state index contributed by atoms with van der Waals surface area (Å²) in [5.74, 6) is 0. The predicted molar refractivity (Wildman–Crippen MR) is 67.0 cm³/mol. The van der Waals surface area contributed by atoms with Crippen LogP contribution in [0, 0.1) is 0 Å². The molecule has 0 spiro atoms. The van der Waals surface area contributed by atoms with E-state index >= 15 is 0 Å². The molecule has 0 saturated carbocycles. The van der Waals surface area contributed by atoms with Gasteiger partial charge in [0, 0.05) is 17.2 Å². The van der Waals surface area contributed by atoms with E-state index in [1.165, 1.54) is 6.92 Å². The fraction of sp³-hybridized carbons (Fsp3) is 0.600. The van der Waals surface area contributed by atoms with Gasteiger partial charge in [-0.3, -0.25) is 14.3 Å².